The average molecular weight is 490 g/mol. The van der Waals surface area contributed by atoms with Crippen molar-refractivity contribution in [2.45, 2.75) is 51.6 Å². The van der Waals surface area contributed by atoms with Crippen molar-refractivity contribution in [2.24, 2.45) is 0 Å². The van der Waals surface area contributed by atoms with Crippen LogP contribution in [0.15, 0.2) is 52.4 Å². The van der Waals surface area contributed by atoms with Crippen LogP contribution in [0.2, 0.25) is 0 Å². The molecule has 174 valence electrons. The van der Waals surface area contributed by atoms with Crippen molar-refractivity contribution in [2.75, 3.05) is 11.1 Å². The number of fused-ring (bicyclic) bond motifs is 3. The maximum absolute atomic E-state index is 13.9. The zero-order valence-electron chi connectivity index (χ0n) is 19.6. The fourth-order valence-electron chi connectivity index (χ4n) is 4.51. The van der Waals surface area contributed by atoms with Crippen molar-refractivity contribution < 1.29 is 4.79 Å². The van der Waals surface area contributed by atoms with E-state index < -0.39 is 0 Å². The van der Waals surface area contributed by atoms with Crippen LogP contribution in [0.1, 0.15) is 40.0 Å². The SMILES string of the molecule is Cc1cccc(NC(=O)CSc2nc3sc4c(c3c(=O)n2-c2cc(C)ccc2C)CCCC4)c1. The number of thioether (sulfide) groups is 1. The Morgan fingerprint density at radius 2 is 1.88 bits per heavy atom. The Labute approximate surface area is 207 Å². The van der Waals surface area contributed by atoms with E-state index in [1.165, 1.54) is 22.2 Å². The van der Waals surface area contributed by atoms with Gasteiger partial charge in [-0.25, -0.2) is 4.98 Å². The molecule has 1 aliphatic carbocycles. The lowest BCUT2D eigenvalue weighted by Gasteiger charge is -2.16. The molecule has 2 heterocycles. The zero-order valence-corrected chi connectivity index (χ0v) is 21.2. The van der Waals surface area contributed by atoms with E-state index in [1.807, 2.05) is 63.2 Å². The highest BCUT2D eigenvalue weighted by Gasteiger charge is 2.24. The van der Waals surface area contributed by atoms with Crippen molar-refractivity contribution in [3.63, 3.8) is 0 Å². The smallest absolute Gasteiger partial charge is 0.267 e. The van der Waals surface area contributed by atoms with Crippen LogP contribution in [0.3, 0.4) is 0 Å². The summed E-state index contributed by atoms with van der Waals surface area (Å²) in [6.45, 7) is 6.02. The number of amides is 1. The Morgan fingerprint density at radius 1 is 1.09 bits per heavy atom. The van der Waals surface area contributed by atoms with E-state index in [1.54, 1.807) is 15.9 Å². The molecular weight excluding hydrogens is 462 g/mol. The van der Waals surface area contributed by atoms with Gasteiger partial charge in [-0.15, -0.1) is 11.3 Å². The van der Waals surface area contributed by atoms with Crippen LogP contribution in [0.5, 0.6) is 0 Å². The molecule has 0 bridgehead atoms. The lowest BCUT2D eigenvalue weighted by molar-refractivity contribution is -0.113. The number of nitrogens with zero attached hydrogens (tertiary/aromatic N) is 2. The van der Waals surface area contributed by atoms with Crippen LogP contribution in [0, 0.1) is 20.8 Å². The minimum Gasteiger partial charge on any atom is -0.325 e. The Bertz CT molecular complexity index is 1470. The van der Waals surface area contributed by atoms with Gasteiger partial charge in [-0.2, -0.15) is 0 Å². The number of hydrogen-bond donors (Lipinski definition) is 1. The minimum absolute atomic E-state index is 0.0281. The number of hydrogen-bond acceptors (Lipinski definition) is 5. The molecule has 5 nitrogen and oxygen atoms in total. The van der Waals surface area contributed by atoms with E-state index in [0.29, 0.717) is 5.16 Å². The standard InChI is InChI=1S/C27H27N3O2S2/c1-16-7-6-8-19(13-16)28-23(31)15-33-27-29-25-24(20-9-4-5-10-22(20)34-25)26(32)30(27)21-14-17(2)11-12-18(21)3/h6-8,11-14H,4-5,9-10,15H2,1-3H3,(H,28,31). The molecule has 0 aliphatic heterocycles. The van der Waals surface area contributed by atoms with E-state index in [9.17, 15) is 9.59 Å². The van der Waals surface area contributed by atoms with Gasteiger partial charge in [-0.1, -0.05) is 36.0 Å². The molecule has 34 heavy (non-hydrogen) atoms. The van der Waals surface area contributed by atoms with Gasteiger partial charge in [-0.05, 0) is 86.9 Å². The first-order valence-corrected chi connectivity index (χ1v) is 13.3. The van der Waals surface area contributed by atoms with Crippen LogP contribution >= 0.6 is 23.1 Å². The molecule has 1 amide bonds. The molecule has 0 fully saturated rings. The summed E-state index contributed by atoms with van der Waals surface area (Å²) in [5, 5.41) is 4.27. The summed E-state index contributed by atoms with van der Waals surface area (Å²) < 4.78 is 1.72. The van der Waals surface area contributed by atoms with Crippen molar-refractivity contribution >= 4 is 44.9 Å². The molecule has 0 saturated carbocycles. The topological polar surface area (TPSA) is 64.0 Å². The maximum atomic E-state index is 13.9. The first-order chi connectivity index (χ1) is 16.4. The Hall–Kier alpha value is -2.90. The minimum atomic E-state index is -0.122. The maximum Gasteiger partial charge on any atom is 0.267 e. The summed E-state index contributed by atoms with van der Waals surface area (Å²) in [5.41, 5.74) is 5.92. The molecule has 4 aromatic rings. The van der Waals surface area contributed by atoms with Crippen molar-refractivity contribution in [1.29, 1.82) is 0 Å². The molecule has 5 rings (SSSR count). The molecule has 1 N–H and O–H groups in total. The Balaban J connectivity index is 1.56. The van der Waals surface area contributed by atoms with Gasteiger partial charge >= 0.3 is 0 Å². The Morgan fingerprint density at radius 3 is 2.71 bits per heavy atom. The number of anilines is 1. The number of aryl methyl sites for hydroxylation is 5. The second-order valence-electron chi connectivity index (χ2n) is 8.92. The van der Waals surface area contributed by atoms with Crippen LogP contribution in [0.4, 0.5) is 5.69 Å². The van der Waals surface area contributed by atoms with E-state index in [0.717, 1.165) is 64.0 Å². The molecule has 2 aromatic carbocycles. The fraction of sp³-hybridized carbons (Fsp3) is 0.296. The molecular formula is C27H27N3O2S2. The third-order valence-electron chi connectivity index (χ3n) is 6.20. The van der Waals surface area contributed by atoms with E-state index >= 15 is 0 Å². The van der Waals surface area contributed by atoms with Crippen LogP contribution in [-0.2, 0) is 17.6 Å². The van der Waals surface area contributed by atoms with Gasteiger partial charge in [0.2, 0.25) is 5.91 Å². The molecule has 0 radical (unpaired) electrons. The van der Waals surface area contributed by atoms with Gasteiger partial charge in [0.25, 0.3) is 5.56 Å². The number of nitrogens with one attached hydrogen (secondary N) is 1. The Kier molecular flexibility index (Phi) is 6.32. The third-order valence-corrected chi connectivity index (χ3v) is 8.32. The van der Waals surface area contributed by atoms with Gasteiger partial charge in [0, 0.05) is 10.6 Å². The molecule has 0 atom stereocenters. The van der Waals surface area contributed by atoms with E-state index in [2.05, 4.69) is 5.32 Å². The predicted molar refractivity (Wildman–Crippen MR) is 142 cm³/mol. The van der Waals surface area contributed by atoms with E-state index in [-0.39, 0.29) is 17.2 Å². The third kappa shape index (κ3) is 4.42. The van der Waals surface area contributed by atoms with Crippen LogP contribution in [0.25, 0.3) is 15.9 Å². The highest BCUT2D eigenvalue weighted by atomic mass is 32.2. The summed E-state index contributed by atoms with van der Waals surface area (Å²) in [6, 6.07) is 13.8. The van der Waals surface area contributed by atoms with Gasteiger partial charge < -0.3 is 5.32 Å². The van der Waals surface area contributed by atoms with Gasteiger partial charge in [-0.3, -0.25) is 14.2 Å². The largest absolute Gasteiger partial charge is 0.325 e. The van der Waals surface area contributed by atoms with Crippen LogP contribution < -0.4 is 10.9 Å². The average Bonchev–Trinajstić information content (AvgIpc) is 3.18. The van der Waals surface area contributed by atoms with Gasteiger partial charge in [0.15, 0.2) is 5.16 Å². The van der Waals surface area contributed by atoms with Crippen molar-refractivity contribution in [3.8, 4) is 5.69 Å². The summed E-state index contributed by atoms with van der Waals surface area (Å²) in [7, 11) is 0. The fourth-order valence-corrected chi connectivity index (χ4v) is 6.61. The normalized spacial score (nSPS) is 13.1. The number of benzene rings is 2. The van der Waals surface area contributed by atoms with Gasteiger partial charge in [0.1, 0.15) is 4.83 Å². The summed E-state index contributed by atoms with van der Waals surface area (Å²) in [4.78, 5) is 33.7. The van der Waals surface area contributed by atoms with Gasteiger partial charge in [0.05, 0.1) is 16.8 Å². The number of rotatable bonds is 5. The monoisotopic (exact) mass is 489 g/mol. The summed E-state index contributed by atoms with van der Waals surface area (Å²) in [5.74, 6) is 0.0462. The van der Waals surface area contributed by atoms with E-state index in [4.69, 9.17) is 4.98 Å². The molecule has 1 aliphatic rings. The summed E-state index contributed by atoms with van der Waals surface area (Å²) >= 11 is 2.95. The highest BCUT2D eigenvalue weighted by molar-refractivity contribution is 7.99. The van der Waals surface area contributed by atoms with Crippen molar-refractivity contribution in [3.05, 3.63) is 79.9 Å². The molecule has 0 spiro atoms. The summed E-state index contributed by atoms with van der Waals surface area (Å²) in [6.07, 6.45) is 4.22. The molecule has 0 unspecified atom stereocenters. The first-order valence-electron chi connectivity index (χ1n) is 11.5. The van der Waals surface area contributed by atoms with Crippen molar-refractivity contribution in [1.82, 2.24) is 9.55 Å². The number of carbonyl (C=O) groups is 1. The number of carbonyl (C=O) groups excluding carboxylic acids is 1. The second kappa shape index (κ2) is 9.39. The zero-order chi connectivity index (χ0) is 23.8. The first kappa shape index (κ1) is 22.9. The quantitative estimate of drug-likeness (QED) is 0.277. The molecule has 2 aromatic heterocycles. The lowest BCUT2D eigenvalue weighted by Crippen LogP contribution is -2.24. The highest BCUT2D eigenvalue weighted by Crippen LogP contribution is 2.35. The number of aromatic nitrogens is 2. The lowest BCUT2D eigenvalue weighted by atomic mass is 9.97. The molecule has 0 saturated heterocycles. The predicted octanol–water partition coefficient (Wildman–Crippen LogP) is 5.98. The van der Waals surface area contributed by atoms with Crippen LogP contribution in [-0.4, -0.2) is 21.2 Å². The molecule has 7 heteroatoms. The second-order valence-corrected chi connectivity index (χ2v) is 10.9. The number of thiophene rings is 1.